The monoisotopic (exact) mass is 216 g/mol. The number of phenolic OH excluding ortho intramolecular Hbond substituents is 2. The van der Waals surface area contributed by atoms with E-state index >= 15 is 0 Å². The highest BCUT2D eigenvalue weighted by atomic mass is 79.9. The summed E-state index contributed by atoms with van der Waals surface area (Å²) in [5.74, 6) is -0.313. The molecule has 0 amide bonds. The highest BCUT2D eigenvalue weighted by Crippen LogP contribution is 2.29. The van der Waals surface area contributed by atoms with Crippen LogP contribution >= 0.6 is 15.9 Å². The quantitative estimate of drug-likeness (QED) is 0.703. The second kappa shape index (κ2) is 2.92. The van der Waals surface area contributed by atoms with Crippen LogP contribution in [0.4, 0.5) is 0 Å². The van der Waals surface area contributed by atoms with Gasteiger partial charge in [0.05, 0.1) is 5.56 Å². The number of phenols is 2. The lowest BCUT2D eigenvalue weighted by Crippen LogP contribution is -1.82. The van der Waals surface area contributed by atoms with Gasteiger partial charge in [-0.1, -0.05) is 0 Å². The molecule has 2 N–H and O–H groups in total. The van der Waals surface area contributed by atoms with Crippen LogP contribution in [0.3, 0.4) is 0 Å². The predicted molar refractivity (Wildman–Crippen MR) is 42.9 cm³/mol. The van der Waals surface area contributed by atoms with Crippen LogP contribution in [0.5, 0.6) is 11.5 Å². The third-order valence-electron chi connectivity index (χ3n) is 1.21. The lowest BCUT2D eigenvalue weighted by molar-refractivity contribution is 0.112. The zero-order chi connectivity index (χ0) is 8.43. The number of carbonyl (C=O) groups is 1. The first-order valence-corrected chi connectivity index (χ1v) is 3.61. The first-order chi connectivity index (χ1) is 5.15. The maximum atomic E-state index is 10.3. The molecule has 4 heteroatoms. The standard InChI is InChI=1S/C7H5BrO3/c8-6-1-4(10)2-7(11)5(6)3-9/h1-3,10-11H. The minimum absolute atomic E-state index is 0.0834. The summed E-state index contributed by atoms with van der Waals surface area (Å²) in [5.41, 5.74) is 0.141. The molecule has 0 heterocycles. The van der Waals surface area contributed by atoms with Crippen molar-refractivity contribution in [2.45, 2.75) is 0 Å². The fourth-order valence-electron chi connectivity index (χ4n) is 0.706. The van der Waals surface area contributed by atoms with Gasteiger partial charge in [-0.3, -0.25) is 4.79 Å². The molecular weight excluding hydrogens is 212 g/mol. The van der Waals surface area contributed by atoms with E-state index in [9.17, 15) is 4.79 Å². The van der Waals surface area contributed by atoms with Crippen LogP contribution in [0.2, 0.25) is 0 Å². The molecule has 0 unspecified atom stereocenters. The Morgan fingerprint density at radius 2 is 2.00 bits per heavy atom. The summed E-state index contributed by atoms with van der Waals surface area (Å²) in [4.78, 5) is 10.3. The van der Waals surface area contributed by atoms with Crippen LogP contribution in [0, 0.1) is 0 Å². The van der Waals surface area contributed by atoms with E-state index < -0.39 is 0 Å². The highest BCUT2D eigenvalue weighted by molar-refractivity contribution is 9.10. The first kappa shape index (κ1) is 8.07. The SMILES string of the molecule is O=Cc1c(O)cc(O)cc1Br. The van der Waals surface area contributed by atoms with Gasteiger partial charge in [-0.2, -0.15) is 0 Å². The van der Waals surface area contributed by atoms with Crippen molar-refractivity contribution in [2.24, 2.45) is 0 Å². The van der Waals surface area contributed by atoms with E-state index in [1.54, 1.807) is 0 Å². The summed E-state index contributed by atoms with van der Waals surface area (Å²) in [7, 11) is 0. The number of aldehydes is 1. The second-order valence-electron chi connectivity index (χ2n) is 1.98. The average molecular weight is 217 g/mol. The van der Waals surface area contributed by atoms with Crippen molar-refractivity contribution in [1.29, 1.82) is 0 Å². The first-order valence-electron chi connectivity index (χ1n) is 2.82. The Balaban J connectivity index is 3.36. The van der Waals surface area contributed by atoms with Gasteiger partial charge in [0.15, 0.2) is 6.29 Å². The third-order valence-corrected chi connectivity index (χ3v) is 1.87. The van der Waals surface area contributed by atoms with Gasteiger partial charge in [0.2, 0.25) is 0 Å². The summed E-state index contributed by atoms with van der Waals surface area (Å²) in [6.45, 7) is 0. The Morgan fingerprint density at radius 1 is 1.36 bits per heavy atom. The number of rotatable bonds is 1. The van der Waals surface area contributed by atoms with Gasteiger partial charge in [0, 0.05) is 10.5 Å². The number of hydrogen-bond donors (Lipinski definition) is 2. The molecule has 0 bridgehead atoms. The molecule has 1 aromatic rings. The van der Waals surface area contributed by atoms with E-state index in [0.717, 1.165) is 6.07 Å². The van der Waals surface area contributed by atoms with Crippen LogP contribution in [0.1, 0.15) is 10.4 Å². The summed E-state index contributed by atoms with van der Waals surface area (Å²) in [5, 5.41) is 18.0. The smallest absolute Gasteiger partial charge is 0.154 e. The largest absolute Gasteiger partial charge is 0.508 e. The minimum Gasteiger partial charge on any atom is -0.508 e. The molecule has 0 fully saturated rings. The van der Waals surface area contributed by atoms with Gasteiger partial charge in [0.25, 0.3) is 0 Å². The van der Waals surface area contributed by atoms with Crippen molar-refractivity contribution in [3.8, 4) is 11.5 Å². The van der Waals surface area contributed by atoms with Crippen LogP contribution in [0.25, 0.3) is 0 Å². The Morgan fingerprint density at radius 3 is 2.45 bits per heavy atom. The zero-order valence-electron chi connectivity index (χ0n) is 5.41. The number of aromatic hydroxyl groups is 2. The van der Waals surface area contributed by atoms with Crippen LogP contribution in [0.15, 0.2) is 16.6 Å². The third kappa shape index (κ3) is 1.51. The fraction of sp³-hybridized carbons (Fsp3) is 0. The summed E-state index contributed by atoms with van der Waals surface area (Å²) < 4.78 is 0.380. The van der Waals surface area contributed by atoms with E-state index in [1.165, 1.54) is 6.07 Å². The molecule has 0 aromatic heterocycles. The van der Waals surface area contributed by atoms with Crippen LogP contribution < -0.4 is 0 Å². The molecule has 0 radical (unpaired) electrons. The molecule has 0 atom stereocenters. The summed E-state index contributed by atoms with van der Waals surface area (Å²) in [6.07, 6.45) is 0.513. The number of benzene rings is 1. The summed E-state index contributed by atoms with van der Waals surface area (Å²) >= 11 is 3.01. The van der Waals surface area contributed by atoms with Crippen molar-refractivity contribution in [1.82, 2.24) is 0 Å². The topological polar surface area (TPSA) is 57.5 Å². The fourth-order valence-corrected chi connectivity index (χ4v) is 1.24. The molecular formula is C7H5BrO3. The normalized spacial score (nSPS) is 9.55. The average Bonchev–Trinajstić information content (AvgIpc) is 1.85. The molecule has 0 aliphatic carbocycles. The number of carbonyl (C=O) groups excluding carboxylic acids is 1. The van der Waals surface area contributed by atoms with Gasteiger partial charge in [-0.25, -0.2) is 0 Å². The second-order valence-corrected chi connectivity index (χ2v) is 2.83. The predicted octanol–water partition coefficient (Wildman–Crippen LogP) is 1.67. The van der Waals surface area contributed by atoms with Crippen molar-refractivity contribution < 1.29 is 15.0 Å². The molecule has 0 saturated carbocycles. The molecule has 58 valence electrons. The Hall–Kier alpha value is -1.03. The lowest BCUT2D eigenvalue weighted by Gasteiger charge is -2.00. The molecule has 1 aromatic carbocycles. The van der Waals surface area contributed by atoms with Gasteiger partial charge >= 0.3 is 0 Å². The molecule has 0 saturated heterocycles. The molecule has 3 nitrogen and oxygen atoms in total. The molecule has 1 rings (SSSR count). The van der Waals surface area contributed by atoms with Crippen LogP contribution in [-0.2, 0) is 0 Å². The molecule has 0 aliphatic rings. The minimum atomic E-state index is -0.230. The van der Waals surface area contributed by atoms with E-state index in [1.807, 2.05) is 0 Å². The lowest BCUT2D eigenvalue weighted by atomic mass is 10.2. The molecule has 0 aliphatic heterocycles. The van der Waals surface area contributed by atoms with Gasteiger partial charge in [-0.05, 0) is 22.0 Å². The van der Waals surface area contributed by atoms with Crippen molar-refractivity contribution in [2.75, 3.05) is 0 Å². The Kier molecular flexibility index (Phi) is 2.14. The van der Waals surface area contributed by atoms with Gasteiger partial charge in [0.1, 0.15) is 11.5 Å². The molecule has 11 heavy (non-hydrogen) atoms. The highest BCUT2D eigenvalue weighted by Gasteiger charge is 2.05. The van der Waals surface area contributed by atoms with Crippen molar-refractivity contribution >= 4 is 22.2 Å². The summed E-state index contributed by atoms with van der Waals surface area (Å²) in [6, 6.07) is 2.44. The Labute approximate surface area is 71.4 Å². The van der Waals surface area contributed by atoms with E-state index in [4.69, 9.17) is 10.2 Å². The van der Waals surface area contributed by atoms with E-state index in [-0.39, 0.29) is 17.1 Å². The Bertz CT molecular complexity index is 273. The number of halogens is 1. The number of hydrogen-bond acceptors (Lipinski definition) is 3. The van der Waals surface area contributed by atoms with E-state index in [2.05, 4.69) is 15.9 Å². The van der Waals surface area contributed by atoms with E-state index in [0.29, 0.717) is 10.8 Å². The van der Waals surface area contributed by atoms with Crippen molar-refractivity contribution in [3.63, 3.8) is 0 Å². The maximum absolute atomic E-state index is 10.3. The maximum Gasteiger partial charge on any atom is 0.154 e. The van der Waals surface area contributed by atoms with Crippen molar-refractivity contribution in [3.05, 3.63) is 22.2 Å². The van der Waals surface area contributed by atoms with Crippen LogP contribution in [-0.4, -0.2) is 16.5 Å². The zero-order valence-corrected chi connectivity index (χ0v) is 7.00. The molecule has 0 spiro atoms. The van der Waals surface area contributed by atoms with Gasteiger partial charge in [-0.15, -0.1) is 0 Å². The van der Waals surface area contributed by atoms with Gasteiger partial charge < -0.3 is 10.2 Å².